The van der Waals surface area contributed by atoms with Gasteiger partial charge in [0.25, 0.3) is 10.0 Å². The van der Waals surface area contributed by atoms with Crippen molar-refractivity contribution in [1.29, 1.82) is 0 Å². The second-order valence-electron chi connectivity index (χ2n) is 2.61. The molecule has 1 heterocycles. The molecular formula is C7H10BrNO3S. The Morgan fingerprint density at radius 2 is 2.23 bits per heavy atom. The highest BCUT2D eigenvalue weighted by atomic mass is 79.9. The quantitative estimate of drug-likeness (QED) is 0.835. The zero-order valence-corrected chi connectivity index (χ0v) is 9.27. The average Bonchev–Trinajstić information content (AvgIpc) is 2.47. The molecule has 13 heavy (non-hydrogen) atoms. The molecular weight excluding hydrogens is 258 g/mol. The zero-order chi connectivity index (χ0) is 9.90. The number of halogens is 1. The minimum atomic E-state index is -3.69. The average molecular weight is 268 g/mol. The lowest BCUT2D eigenvalue weighted by atomic mass is 10.2. The summed E-state index contributed by atoms with van der Waals surface area (Å²) < 4.78 is 26.4. The molecule has 0 aliphatic carbocycles. The molecule has 0 aliphatic heterocycles. The van der Waals surface area contributed by atoms with Gasteiger partial charge in [0.15, 0.2) is 0 Å². The van der Waals surface area contributed by atoms with Crippen molar-refractivity contribution in [3.05, 3.63) is 17.9 Å². The van der Waals surface area contributed by atoms with E-state index in [-0.39, 0.29) is 5.09 Å². The number of hydrogen-bond donors (Lipinski definition) is 1. The largest absolute Gasteiger partial charge is 0.451 e. The third-order valence-corrected chi connectivity index (χ3v) is 2.84. The van der Waals surface area contributed by atoms with Crippen molar-refractivity contribution in [3.8, 4) is 0 Å². The van der Waals surface area contributed by atoms with Crippen LogP contribution in [0.2, 0.25) is 0 Å². The number of primary sulfonamides is 1. The van der Waals surface area contributed by atoms with Crippen molar-refractivity contribution >= 4 is 26.0 Å². The number of sulfonamides is 1. The molecule has 4 nitrogen and oxygen atoms in total. The molecule has 6 heteroatoms. The van der Waals surface area contributed by atoms with Crippen LogP contribution in [0.3, 0.4) is 0 Å². The van der Waals surface area contributed by atoms with Gasteiger partial charge in [0, 0.05) is 11.4 Å². The molecule has 74 valence electrons. The number of alkyl halides is 1. The molecule has 1 aromatic heterocycles. The maximum atomic E-state index is 10.8. The van der Waals surface area contributed by atoms with Crippen LogP contribution in [0.15, 0.2) is 21.8 Å². The molecule has 1 aromatic rings. The van der Waals surface area contributed by atoms with Crippen LogP contribution < -0.4 is 5.14 Å². The van der Waals surface area contributed by atoms with E-state index in [9.17, 15) is 8.42 Å². The van der Waals surface area contributed by atoms with Crippen LogP contribution in [-0.2, 0) is 16.4 Å². The second kappa shape index (κ2) is 4.26. The highest BCUT2D eigenvalue weighted by molar-refractivity contribution is 9.09. The van der Waals surface area contributed by atoms with Crippen LogP contribution in [0.25, 0.3) is 0 Å². The van der Waals surface area contributed by atoms with Gasteiger partial charge >= 0.3 is 0 Å². The Bertz CT molecular complexity index is 371. The van der Waals surface area contributed by atoms with Crippen molar-refractivity contribution in [3.63, 3.8) is 0 Å². The summed E-state index contributed by atoms with van der Waals surface area (Å²) in [6, 6.07) is 1.46. The van der Waals surface area contributed by atoms with E-state index in [2.05, 4.69) is 15.9 Å². The molecule has 0 spiro atoms. The lowest BCUT2D eigenvalue weighted by Crippen LogP contribution is -2.10. The van der Waals surface area contributed by atoms with Crippen LogP contribution in [0.1, 0.15) is 12.0 Å². The third kappa shape index (κ3) is 3.13. The van der Waals surface area contributed by atoms with Gasteiger partial charge < -0.3 is 4.42 Å². The summed E-state index contributed by atoms with van der Waals surface area (Å²) >= 11 is 3.28. The van der Waals surface area contributed by atoms with Gasteiger partial charge in [-0.2, -0.15) is 0 Å². The van der Waals surface area contributed by atoms with E-state index in [1.165, 1.54) is 12.3 Å². The Morgan fingerprint density at radius 3 is 2.69 bits per heavy atom. The predicted molar refractivity (Wildman–Crippen MR) is 52.2 cm³/mol. The Morgan fingerprint density at radius 1 is 1.54 bits per heavy atom. The molecule has 0 radical (unpaired) electrons. The van der Waals surface area contributed by atoms with E-state index in [1.54, 1.807) is 0 Å². The van der Waals surface area contributed by atoms with Crippen LogP contribution in [0.5, 0.6) is 0 Å². The van der Waals surface area contributed by atoms with Crippen molar-refractivity contribution in [2.45, 2.75) is 17.9 Å². The summed E-state index contributed by atoms with van der Waals surface area (Å²) in [5, 5.41) is 5.58. The highest BCUT2D eigenvalue weighted by Crippen LogP contribution is 2.13. The van der Waals surface area contributed by atoms with Crippen LogP contribution in [-0.4, -0.2) is 13.7 Å². The monoisotopic (exact) mass is 267 g/mol. The topological polar surface area (TPSA) is 73.3 Å². The number of hydrogen-bond acceptors (Lipinski definition) is 3. The van der Waals surface area contributed by atoms with E-state index >= 15 is 0 Å². The highest BCUT2D eigenvalue weighted by Gasteiger charge is 2.12. The summed E-state index contributed by atoms with van der Waals surface area (Å²) in [4.78, 5) is 0. The van der Waals surface area contributed by atoms with Gasteiger partial charge in [-0.3, -0.25) is 0 Å². The molecule has 0 atom stereocenters. The first-order chi connectivity index (χ1) is 6.04. The van der Waals surface area contributed by atoms with Crippen molar-refractivity contribution in [2.75, 3.05) is 5.33 Å². The molecule has 0 aliphatic rings. The molecule has 0 unspecified atom stereocenters. The molecule has 0 saturated heterocycles. The first-order valence-electron chi connectivity index (χ1n) is 3.70. The van der Waals surface area contributed by atoms with Gasteiger partial charge in [0.2, 0.25) is 5.09 Å². The first kappa shape index (κ1) is 10.7. The number of aryl methyl sites for hydroxylation is 1. The van der Waals surface area contributed by atoms with Crippen LogP contribution in [0, 0.1) is 0 Å². The number of nitrogens with two attached hydrogens (primary N) is 1. The summed E-state index contributed by atoms with van der Waals surface area (Å²) in [5.74, 6) is 0. The van der Waals surface area contributed by atoms with Crippen LogP contribution in [0.4, 0.5) is 0 Å². The van der Waals surface area contributed by atoms with E-state index < -0.39 is 10.0 Å². The minimum absolute atomic E-state index is 0.169. The fourth-order valence-corrected chi connectivity index (χ4v) is 1.68. The minimum Gasteiger partial charge on any atom is -0.451 e. The molecule has 2 N–H and O–H groups in total. The maximum Gasteiger partial charge on any atom is 0.271 e. The predicted octanol–water partition coefficient (Wildman–Crippen LogP) is 1.25. The molecule has 0 saturated carbocycles. The normalized spacial score (nSPS) is 11.8. The Hall–Kier alpha value is -0.330. The smallest absolute Gasteiger partial charge is 0.271 e. The Balaban J connectivity index is 2.76. The fourth-order valence-electron chi connectivity index (χ4n) is 0.904. The number of furan rings is 1. The lowest BCUT2D eigenvalue weighted by molar-refractivity contribution is 0.449. The SMILES string of the molecule is NS(=O)(=O)c1cc(CCCBr)co1. The Labute approximate surface area is 85.3 Å². The van der Waals surface area contributed by atoms with E-state index in [4.69, 9.17) is 9.56 Å². The molecule has 1 rings (SSSR count). The van der Waals surface area contributed by atoms with Gasteiger partial charge in [-0.1, -0.05) is 15.9 Å². The standard InChI is InChI=1S/C7H10BrNO3S/c8-3-1-2-6-4-7(12-5-6)13(9,10)11/h4-5H,1-3H2,(H2,9,10,11). The maximum absolute atomic E-state index is 10.8. The number of rotatable bonds is 4. The molecule has 0 aromatic carbocycles. The second-order valence-corrected chi connectivity index (χ2v) is 4.90. The summed E-state index contributed by atoms with van der Waals surface area (Å²) in [6.45, 7) is 0. The van der Waals surface area contributed by atoms with Gasteiger partial charge in [0.1, 0.15) is 0 Å². The van der Waals surface area contributed by atoms with Gasteiger partial charge in [-0.25, -0.2) is 13.6 Å². The first-order valence-corrected chi connectivity index (χ1v) is 6.37. The summed E-state index contributed by atoms with van der Waals surface area (Å²) in [6.07, 6.45) is 3.14. The third-order valence-electron chi connectivity index (χ3n) is 1.51. The van der Waals surface area contributed by atoms with Gasteiger partial charge in [-0.05, 0) is 18.4 Å². The molecule has 0 bridgehead atoms. The lowest BCUT2D eigenvalue weighted by Gasteiger charge is -1.89. The van der Waals surface area contributed by atoms with E-state index in [1.807, 2.05) is 0 Å². The van der Waals surface area contributed by atoms with Crippen LogP contribution >= 0.6 is 15.9 Å². The zero-order valence-electron chi connectivity index (χ0n) is 6.86. The van der Waals surface area contributed by atoms with E-state index in [0.29, 0.717) is 0 Å². The summed E-state index contributed by atoms with van der Waals surface area (Å²) in [5.41, 5.74) is 0.850. The van der Waals surface area contributed by atoms with Crippen molar-refractivity contribution in [1.82, 2.24) is 0 Å². The molecule has 0 fully saturated rings. The van der Waals surface area contributed by atoms with Crippen molar-refractivity contribution < 1.29 is 12.8 Å². The Kier molecular flexibility index (Phi) is 3.52. The van der Waals surface area contributed by atoms with Gasteiger partial charge in [-0.15, -0.1) is 0 Å². The fraction of sp³-hybridized carbons (Fsp3) is 0.429. The molecule has 0 amide bonds. The van der Waals surface area contributed by atoms with Gasteiger partial charge in [0.05, 0.1) is 6.26 Å². The van der Waals surface area contributed by atoms with E-state index in [0.717, 1.165) is 23.7 Å². The summed E-state index contributed by atoms with van der Waals surface area (Å²) in [7, 11) is -3.69. The van der Waals surface area contributed by atoms with Crippen molar-refractivity contribution in [2.24, 2.45) is 5.14 Å².